The van der Waals surface area contributed by atoms with E-state index in [9.17, 15) is 26.7 Å². The van der Waals surface area contributed by atoms with E-state index >= 15 is 0 Å². The Kier molecular flexibility index (Phi) is 6.18. The molecule has 0 aliphatic heterocycles. The molecule has 0 unspecified atom stereocenters. The minimum atomic E-state index is -4.89. The molecule has 0 saturated heterocycles. The molecular weight excluding hydrogens is 533 g/mol. The van der Waals surface area contributed by atoms with Gasteiger partial charge in [0.25, 0.3) is 10.0 Å². The summed E-state index contributed by atoms with van der Waals surface area (Å²) in [4.78, 5) is 4.69. The first-order chi connectivity index (χ1) is 17.1. The van der Waals surface area contributed by atoms with Gasteiger partial charge >= 0.3 is 6.36 Å². The van der Waals surface area contributed by atoms with Crippen LogP contribution in [0.25, 0.3) is 21.0 Å². The second-order valence-electron chi connectivity index (χ2n) is 7.49. The summed E-state index contributed by atoms with van der Waals surface area (Å²) < 4.78 is 71.3. The number of phenolic OH excluding ortho intramolecular Hbond substituents is 1. The molecule has 6 nitrogen and oxygen atoms in total. The first-order valence-corrected chi connectivity index (χ1v) is 13.4. The summed E-state index contributed by atoms with van der Waals surface area (Å²) in [7, 11) is -4.18. The number of aromatic hydroxyl groups is 1. The van der Waals surface area contributed by atoms with E-state index in [4.69, 9.17) is 0 Å². The van der Waals surface area contributed by atoms with E-state index in [2.05, 4.69) is 14.4 Å². The lowest BCUT2D eigenvalue weighted by Gasteiger charge is -2.15. The lowest BCUT2D eigenvalue weighted by molar-refractivity contribution is -0.274. The van der Waals surface area contributed by atoms with E-state index in [1.54, 1.807) is 24.3 Å². The van der Waals surface area contributed by atoms with E-state index in [0.717, 1.165) is 34.5 Å². The number of para-hydroxylation sites is 1. The lowest BCUT2D eigenvalue weighted by atomic mass is 10.1. The number of fused-ring (bicyclic) bond motifs is 2. The second-order valence-corrected chi connectivity index (χ2v) is 11.5. The lowest BCUT2D eigenvalue weighted by Crippen LogP contribution is -2.17. The summed E-state index contributed by atoms with van der Waals surface area (Å²) in [6, 6.07) is 19.7. The fourth-order valence-corrected chi connectivity index (χ4v) is 6.70. The van der Waals surface area contributed by atoms with Gasteiger partial charge in [0.1, 0.15) is 11.5 Å². The average Bonchev–Trinajstić information content (AvgIpc) is 3.24. The summed E-state index contributed by atoms with van der Waals surface area (Å²) in [5, 5.41) is 11.8. The van der Waals surface area contributed by atoms with E-state index in [1.807, 2.05) is 24.3 Å². The van der Waals surface area contributed by atoms with Crippen LogP contribution in [0.15, 0.2) is 93.0 Å². The molecule has 0 aliphatic rings. The molecule has 0 bridgehead atoms. The Bertz CT molecular complexity index is 1650. The predicted molar refractivity (Wildman–Crippen MR) is 133 cm³/mol. The highest BCUT2D eigenvalue weighted by Crippen LogP contribution is 2.44. The monoisotopic (exact) mass is 548 g/mol. The van der Waals surface area contributed by atoms with E-state index in [0.29, 0.717) is 20.0 Å². The summed E-state index contributed by atoms with van der Waals surface area (Å²) in [6.07, 6.45) is -4.89. The maximum Gasteiger partial charge on any atom is 0.573 e. The van der Waals surface area contributed by atoms with Crippen LogP contribution in [0.2, 0.25) is 0 Å². The number of aromatic nitrogens is 1. The fraction of sp³-hybridized carbons (Fsp3) is 0.0417. The standard InChI is InChI=1S/C24H15F3N2O4S3/c25-24(26,27)33-14-9-11-15(12-10-14)36(31,32)29-19-13-21(22(30)17-6-2-1-5-16(17)19)35-23-28-18-7-3-4-8-20(18)34-23/h1-13,29-30H. The molecule has 4 aromatic carbocycles. The summed E-state index contributed by atoms with van der Waals surface area (Å²) in [6.45, 7) is 0. The van der Waals surface area contributed by atoms with Gasteiger partial charge in [0.2, 0.25) is 0 Å². The molecule has 0 aliphatic carbocycles. The van der Waals surface area contributed by atoms with Gasteiger partial charge in [-0.05, 0) is 42.5 Å². The average molecular weight is 549 g/mol. The van der Waals surface area contributed by atoms with Crippen LogP contribution in [0.4, 0.5) is 18.9 Å². The Balaban J connectivity index is 1.51. The molecule has 0 radical (unpaired) electrons. The number of ether oxygens (including phenoxy) is 1. The van der Waals surface area contributed by atoms with Crippen molar-refractivity contribution < 1.29 is 31.4 Å². The number of benzene rings is 4. The van der Waals surface area contributed by atoms with Crippen molar-refractivity contribution in [2.75, 3.05) is 4.72 Å². The highest BCUT2D eigenvalue weighted by molar-refractivity contribution is 8.01. The Morgan fingerprint density at radius 2 is 1.61 bits per heavy atom. The number of alkyl halides is 3. The molecule has 0 fully saturated rings. The van der Waals surface area contributed by atoms with Crippen LogP contribution >= 0.6 is 23.1 Å². The van der Waals surface area contributed by atoms with Crippen LogP contribution in [0, 0.1) is 0 Å². The number of hydrogen-bond donors (Lipinski definition) is 2. The Morgan fingerprint density at radius 1 is 0.944 bits per heavy atom. The SMILES string of the molecule is O=S(=O)(Nc1cc(Sc2nc3ccccc3s2)c(O)c2ccccc12)c1ccc(OC(F)(F)F)cc1. The molecule has 1 heterocycles. The number of thiazole rings is 1. The maximum absolute atomic E-state index is 13.1. The van der Waals surface area contributed by atoms with E-state index < -0.39 is 22.1 Å². The third-order valence-corrected chi connectivity index (χ3v) is 8.57. The van der Waals surface area contributed by atoms with Crippen LogP contribution in [0.1, 0.15) is 0 Å². The highest BCUT2D eigenvalue weighted by Gasteiger charge is 2.31. The van der Waals surface area contributed by atoms with Crippen molar-refractivity contribution in [3.05, 3.63) is 78.9 Å². The van der Waals surface area contributed by atoms with Crippen molar-refractivity contribution in [1.82, 2.24) is 4.98 Å². The summed E-state index contributed by atoms with van der Waals surface area (Å²) in [5.74, 6) is -0.558. The molecule has 36 heavy (non-hydrogen) atoms. The number of nitrogens with one attached hydrogen (secondary N) is 1. The van der Waals surface area contributed by atoms with Crippen molar-refractivity contribution in [2.24, 2.45) is 0 Å². The van der Waals surface area contributed by atoms with Crippen LogP contribution < -0.4 is 9.46 Å². The van der Waals surface area contributed by atoms with Gasteiger partial charge in [-0.3, -0.25) is 4.72 Å². The molecular formula is C24H15F3N2O4S3. The van der Waals surface area contributed by atoms with Gasteiger partial charge in [-0.1, -0.05) is 48.2 Å². The third-order valence-electron chi connectivity index (χ3n) is 5.06. The Hall–Kier alpha value is -3.48. The number of hydrogen-bond acceptors (Lipinski definition) is 7. The first-order valence-electron chi connectivity index (χ1n) is 10.3. The molecule has 0 spiro atoms. The molecule has 0 amide bonds. The van der Waals surface area contributed by atoms with Crippen molar-refractivity contribution in [1.29, 1.82) is 0 Å². The largest absolute Gasteiger partial charge is 0.573 e. The smallest absolute Gasteiger partial charge is 0.506 e. The zero-order chi connectivity index (χ0) is 25.5. The number of anilines is 1. The number of sulfonamides is 1. The van der Waals surface area contributed by atoms with Gasteiger partial charge < -0.3 is 9.84 Å². The second kappa shape index (κ2) is 9.19. The minimum Gasteiger partial charge on any atom is -0.506 e. The maximum atomic E-state index is 13.1. The molecule has 5 rings (SSSR count). The molecule has 12 heteroatoms. The Morgan fingerprint density at radius 3 is 2.31 bits per heavy atom. The first kappa shape index (κ1) is 24.2. The highest BCUT2D eigenvalue weighted by atomic mass is 32.2. The van der Waals surface area contributed by atoms with Crippen molar-refractivity contribution in [3.8, 4) is 11.5 Å². The summed E-state index contributed by atoms with van der Waals surface area (Å²) in [5.41, 5.74) is 1.01. The molecule has 1 aromatic heterocycles. The molecule has 5 aromatic rings. The third kappa shape index (κ3) is 5.06. The van der Waals surface area contributed by atoms with Gasteiger partial charge in [0, 0.05) is 10.8 Å². The minimum absolute atomic E-state index is 0.0218. The van der Waals surface area contributed by atoms with Gasteiger partial charge in [-0.15, -0.1) is 24.5 Å². The van der Waals surface area contributed by atoms with E-state index in [-0.39, 0.29) is 16.3 Å². The normalized spacial score (nSPS) is 12.2. The Labute approximate surface area is 211 Å². The van der Waals surface area contributed by atoms with Crippen molar-refractivity contribution >= 4 is 59.8 Å². The zero-order valence-corrected chi connectivity index (χ0v) is 20.4. The van der Waals surface area contributed by atoms with Gasteiger partial charge in [-0.2, -0.15) is 0 Å². The molecule has 184 valence electrons. The van der Waals surface area contributed by atoms with Gasteiger partial charge in [0.15, 0.2) is 4.34 Å². The van der Waals surface area contributed by atoms with Crippen LogP contribution in [0.5, 0.6) is 11.5 Å². The molecule has 2 N–H and O–H groups in total. The predicted octanol–water partition coefficient (Wildman–Crippen LogP) is 7.01. The summed E-state index contributed by atoms with van der Waals surface area (Å²) >= 11 is 2.63. The van der Waals surface area contributed by atoms with Gasteiger partial charge in [0.05, 0.1) is 25.7 Å². The number of halogens is 3. The fourth-order valence-electron chi connectivity index (χ4n) is 3.51. The number of phenols is 1. The quantitative estimate of drug-likeness (QED) is 0.222. The van der Waals surface area contributed by atoms with Gasteiger partial charge in [-0.25, -0.2) is 13.4 Å². The van der Waals surface area contributed by atoms with Crippen molar-refractivity contribution in [3.63, 3.8) is 0 Å². The van der Waals surface area contributed by atoms with Crippen LogP contribution in [-0.4, -0.2) is 24.9 Å². The van der Waals surface area contributed by atoms with Crippen LogP contribution in [0.3, 0.4) is 0 Å². The van der Waals surface area contributed by atoms with Crippen LogP contribution in [-0.2, 0) is 10.0 Å². The number of rotatable bonds is 6. The van der Waals surface area contributed by atoms with E-state index in [1.165, 1.54) is 29.2 Å². The molecule has 0 saturated carbocycles. The zero-order valence-electron chi connectivity index (χ0n) is 18.0. The van der Waals surface area contributed by atoms with Crippen molar-refractivity contribution in [2.45, 2.75) is 20.5 Å². The number of nitrogens with zero attached hydrogens (tertiary/aromatic N) is 1. The topological polar surface area (TPSA) is 88.5 Å². The molecule has 0 atom stereocenters.